The summed E-state index contributed by atoms with van der Waals surface area (Å²) in [4.78, 5) is 27.9. The van der Waals surface area contributed by atoms with Crippen molar-refractivity contribution in [3.63, 3.8) is 0 Å². The number of alkyl halides is 6. The van der Waals surface area contributed by atoms with Crippen LogP contribution in [0.25, 0.3) is 6.08 Å². The van der Waals surface area contributed by atoms with Gasteiger partial charge in [-0.15, -0.1) is 0 Å². The summed E-state index contributed by atoms with van der Waals surface area (Å²) < 4.78 is 87.6. The number of aliphatic hydroxyl groups excluding tert-OH is 2. The smallest absolute Gasteiger partial charge is 0.416 e. The van der Waals surface area contributed by atoms with E-state index in [2.05, 4.69) is 0 Å². The lowest BCUT2D eigenvalue weighted by atomic mass is 9.66. The summed E-state index contributed by atoms with van der Waals surface area (Å²) in [6.45, 7) is 4.92. The molecule has 1 saturated heterocycles. The number of rotatable bonds is 11. The van der Waals surface area contributed by atoms with Crippen molar-refractivity contribution in [1.82, 2.24) is 0 Å². The van der Waals surface area contributed by atoms with Gasteiger partial charge in [0.15, 0.2) is 11.5 Å². The highest BCUT2D eigenvalue weighted by Crippen LogP contribution is 2.50. The number of hydrogen-bond acceptors (Lipinski definition) is 6. The molecule has 1 heterocycles. The van der Waals surface area contributed by atoms with Crippen LogP contribution in [0.2, 0.25) is 0 Å². The Bertz CT molecular complexity index is 1620. The van der Waals surface area contributed by atoms with Gasteiger partial charge in [-0.2, -0.15) is 26.3 Å². The summed E-state index contributed by atoms with van der Waals surface area (Å²) in [6, 6.07) is 4.07. The summed E-state index contributed by atoms with van der Waals surface area (Å²) in [5.74, 6) is -5.49. The number of phenols is 1. The van der Waals surface area contributed by atoms with Crippen molar-refractivity contribution in [3.8, 4) is 11.5 Å². The highest BCUT2D eigenvalue weighted by atomic mass is 127. The number of hydrogen-bond donors (Lipinski definition) is 3. The molecular formula is C35H38F6INO6. The Balaban J connectivity index is 1.69. The molecule has 0 aromatic heterocycles. The van der Waals surface area contributed by atoms with Gasteiger partial charge in [-0.3, -0.25) is 9.59 Å². The third-order valence-corrected chi connectivity index (χ3v) is 9.98. The van der Waals surface area contributed by atoms with E-state index in [-0.39, 0.29) is 30.6 Å². The molecule has 7 nitrogen and oxygen atoms in total. The van der Waals surface area contributed by atoms with Gasteiger partial charge in [-0.05, 0) is 95.7 Å². The first-order chi connectivity index (χ1) is 22.8. The number of benzene rings is 2. The topological polar surface area (TPSA) is 107 Å². The fourth-order valence-corrected chi connectivity index (χ4v) is 7.53. The molecule has 0 saturated carbocycles. The molecule has 0 spiro atoms. The van der Waals surface area contributed by atoms with E-state index in [0.717, 1.165) is 17.6 Å². The molecule has 0 radical (unpaired) electrons. The molecule has 2 aliphatic rings. The molecule has 2 amide bonds. The minimum absolute atomic E-state index is 0.0128. The minimum atomic E-state index is -5.19. The number of carbonyl (C=O) groups is 2. The number of allylic oxidation sites excluding steroid dienone is 2. The zero-order chi connectivity index (χ0) is 36.6. The van der Waals surface area contributed by atoms with Crippen LogP contribution in [0.5, 0.6) is 11.5 Å². The van der Waals surface area contributed by atoms with Crippen LogP contribution in [0.1, 0.15) is 69.6 Å². The van der Waals surface area contributed by atoms with Crippen LogP contribution in [0.15, 0.2) is 47.1 Å². The lowest BCUT2D eigenvalue weighted by molar-refractivity contribution is -0.143. The van der Waals surface area contributed by atoms with E-state index in [4.69, 9.17) is 4.74 Å². The Morgan fingerprint density at radius 3 is 2.14 bits per heavy atom. The second-order valence-electron chi connectivity index (χ2n) is 12.7. The Hall–Kier alpha value is -3.11. The molecule has 268 valence electrons. The van der Waals surface area contributed by atoms with Gasteiger partial charge in [0, 0.05) is 5.92 Å². The number of carbonyl (C=O) groups excluding carboxylic acids is 2. The minimum Gasteiger partial charge on any atom is -0.504 e. The third-order valence-electron chi connectivity index (χ3n) is 9.15. The van der Waals surface area contributed by atoms with Crippen LogP contribution < -0.4 is 9.64 Å². The normalized spacial score (nSPS) is 21.1. The molecule has 1 aliphatic carbocycles. The van der Waals surface area contributed by atoms with Crippen LogP contribution in [-0.2, 0) is 21.9 Å². The fraction of sp³-hybridized carbons (Fsp3) is 0.486. The number of aromatic hydroxyl groups is 1. The van der Waals surface area contributed by atoms with E-state index in [9.17, 15) is 51.3 Å². The molecule has 2 aromatic rings. The van der Waals surface area contributed by atoms with E-state index in [1.54, 1.807) is 26.0 Å². The number of methoxy groups -OCH3 is 1. The number of aliphatic hydroxyl groups is 2. The first-order valence-electron chi connectivity index (χ1n) is 15.8. The molecule has 3 N–H and O–H groups in total. The summed E-state index contributed by atoms with van der Waals surface area (Å²) in [5.41, 5.74) is -1.49. The van der Waals surface area contributed by atoms with Crippen molar-refractivity contribution in [2.45, 2.75) is 71.3 Å². The van der Waals surface area contributed by atoms with Crippen LogP contribution in [0, 0.1) is 27.2 Å². The molecule has 0 bridgehead atoms. The lowest BCUT2D eigenvalue weighted by Crippen LogP contribution is -2.40. The molecular weight excluding hydrogens is 771 g/mol. The highest BCUT2D eigenvalue weighted by Gasteiger charge is 2.56. The van der Waals surface area contributed by atoms with Crippen LogP contribution in [0.3, 0.4) is 0 Å². The Labute approximate surface area is 293 Å². The maximum atomic E-state index is 13.8. The quantitative estimate of drug-likeness (QED) is 0.0917. The Morgan fingerprint density at radius 1 is 1.02 bits per heavy atom. The van der Waals surface area contributed by atoms with Gasteiger partial charge in [-0.25, -0.2) is 4.90 Å². The average Bonchev–Trinajstić information content (AvgIpc) is 3.28. The number of amides is 2. The summed E-state index contributed by atoms with van der Waals surface area (Å²) in [5, 5.41) is 32.5. The van der Waals surface area contributed by atoms with Crippen LogP contribution in [0.4, 0.5) is 32.0 Å². The number of nitrogens with zero attached hydrogens (tertiary/aromatic N) is 1. The van der Waals surface area contributed by atoms with Crippen molar-refractivity contribution < 1.29 is 56.0 Å². The SMILES string of the molecule is CCC/C(=C\c1cc(I)c(O)c(OC)c1)CC[C@@H](O)C1=C(C(C)C)C[C@H]2C(=O)N(c3cc(C(F)(F)F)cc(C(F)(F)F)c3)C(=O)[C@H]2[C@H]1CO. The van der Waals surface area contributed by atoms with Gasteiger partial charge >= 0.3 is 12.4 Å². The maximum Gasteiger partial charge on any atom is 0.416 e. The van der Waals surface area contributed by atoms with E-state index in [0.29, 0.717) is 50.3 Å². The van der Waals surface area contributed by atoms with Crippen LogP contribution >= 0.6 is 22.6 Å². The monoisotopic (exact) mass is 809 g/mol. The number of fused-ring (bicyclic) bond motifs is 1. The second-order valence-corrected chi connectivity index (χ2v) is 13.9. The highest BCUT2D eigenvalue weighted by molar-refractivity contribution is 14.1. The zero-order valence-electron chi connectivity index (χ0n) is 27.3. The number of phenolic OH excluding ortho intramolecular Hbond substituents is 1. The number of imide groups is 1. The molecule has 2 aromatic carbocycles. The standard InChI is InChI=1S/C35H38F6INO6/c1-5-6-18(9-19-10-26(42)31(46)28(11-19)49-4)7-8-27(45)29-23(17(2)3)15-24-30(25(29)16-44)33(48)43(32(24)47)22-13-20(34(36,37)38)12-21(14-22)35(39,40)41/h9-14,17,24-25,27,30,44-46H,5-8,15-16H2,1-4H3/b18-9+/t24-,25+,27-,30-/m1/s1. The number of halogens is 7. The van der Waals surface area contributed by atoms with E-state index < -0.39 is 71.4 Å². The van der Waals surface area contributed by atoms with Gasteiger partial charge in [0.05, 0.1) is 52.0 Å². The number of anilines is 1. The lowest BCUT2D eigenvalue weighted by Gasteiger charge is -2.38. The predicted octanol–water partition coefficient (Wildman–Crippen LogP) is 8.14. The first kappa shape index (κ1) is 38.7. The average molecular weight is 810 g/mol. The van der Waals surface area contributed by atoms with Crippen LogP contribution in [-0.4, -0.2) is 47.0 Å². The Morgan fingerprint density at radius 2 is 1.63 bits per heavy atom. The van der Waals surface area contributed by atoms with E-state index in [1.165, 1.54) is 7.11 Å². The molecule has 0 unspecified atom stereocenters. The number of ether oxygens (including phenoxy) is 1. The molecule has 14 heteroatoms. The van der Waals surface area contributed by atoms with Gasteiger partial charge in [0.2, 0.25) is 11.8 Å². The molecule has 1 fully saturated rings. The third kappa shape index (κ3) is 8.11. The van der Waals surface area contributed by atoms with Crippen molar-refractivity contribution in [3.05, 3.63) is 67.3 Å². The van der Waals surface area contributed by atoms with Crippen molar-refractivity contribution in [1.29, 1.82) is 0 Å². The second kappa shape index (κ2) is 15.0. The largest absolute Gasteiger partial charge is 0.504 e. The Kier molecular flexibility index (Phi) is 11.9. The van der Waals surface area contributed by atoms with Gasteiger partial charge in [0.1, 0.15) is 0 Å². The summed E-state index contributed by atoms with van der Waals surface area (Å²) in [6.07, 6.45) is -7.64. The fourth-order valence-electron chi connectivity index (χ4n) is 6.90. The molecule has 4 rings (SSSR count). The first-order valence-corrected chi connectivity index (χ1v) is 16.9. The summed E-state index contributed by atoms with van der Waals surface area (Å²) in [7, 11) is 1.44. The van der Waals surface area contributed by atoms with Gasteiger partial charge in [-0.1, -0.05) is 44.4 Å². The maximum absolute atomic E-state index is 13.8. The summed E-state index contributed by atoms with van der Waals surface area (Å²) >= 11 is 1.99. The van der Waals surface area contributed by atoms with Gasteiger partial charge in [0.25, 0.3) is 0 Å². The van der Waals surface area contributed by atoms with Gasteiger partial charge < -0.3 is 20.1 Å². The van der Waals surface area contributed by atoms with E-state index >= 15 is 0 Å². The van der Waals surface area contributed by atoms with E-state index in [1.807, 2.05) is 35.6 Å². The molecule has 49 heavy (non-hydrogen) atoms. The molecule has 1 aliphatic heterocycles. The molecule has 4 atom stereocenters. The van der Waals surface area contributed by atoms with Crippen molar-refractivity contribution >= 4 is 46.2 Å². The van der Waals surface area contributed by atoms with Crippen molar-refractivity contribution in [2.75, 3.05) is 18.6 Å². The van der Waals surface area contributed by atoms with Crippen molar-refractivity contribution in [2.24, 2.45) is 23.7 Å². The zero-order valence-corrected chi connectivity index (χ0v) is 29.4. The predicted molar refractivity (Wildman–Crippen MR) is 178 cm³/mol.